The molecule has 0 aromatic carbocycles. The highest BCUT2D eigenvalue weighted by molar-refractivity contribution is 7.89. The van der Waals surface area contributed by atoms with E-state index in [-0.39, 0.29) is 11.4 Å². The average Bonchev–Trinajstić information content (AvgIpc) is 2.71. The summed E-state index contributed by atoms with van der Waals surface area (Å²) in [6.45, 7) is 3.52. The van der Waals surface area contributed by atoms with Crippen LogP contribution in [0.4, 0.5) is 0 Å². The molecule has 88 valence electrons. The molecule has 4 nitrogen and oxygen atoms in total. The lowest BCUT2D eigenvalue weighted by Gasteiger charge is -2.32. The van der Waals surface area contributed by atoms with Crippen LogP contribution in [0.25, 0.3) is 0 Å². The molecule has 2 aliphatic rings. The maximum atomic E-state index is 12.2. The highest BCUT2D eigenvalue weighted by Crippen LogP contribution is 2.27. The van der Waals surface area contributed by atoms with Crippen molar-refractivity contribution in [3.63, 3.8) is 0 Å². The molecule has 0 N–H and O–H groups in total. The SMILES string of the molecule is CC1CN(S(=O)(=O)C2CCCC2)CCO1. The monoisotopic (exact) mass is 233 g/mol. The zero-order valence-corrected chi connectivity index (χ0v) is 10.0. The van der Waals surface area contributed by atoms with Gasteiger partial charge in [0, 0.05) is 13.1 Å². The second kappa shape index (κ2) is 4.39. The quantitative estimate of drug-likeness (QED) is 0.714. The molecule has 0 amide bonds. The van der Waals surface area contributed by atoms with Crippen LogP contribution in [0, 0.1) is 0 Å². The molecule has 1 saturated heterocycles. The number of rotatable bonds is 2. The van der Waals surface area contributed by atoms with E-state index < -0.39 is 10.0 Å². The van der Waals surface area contributed by atoms with Crippen molar-refractivity contribution < 1.29 is 13.2 Å². The first-order valence-electron chi connectivity index (χ1n) is 5.71. The Hall–Kier alpha value is -0.130. The Balaban J connectivity index is 2.07. The van der Waals surface area contributed by atoms with Crippen LogP contribution in [-0.2, 0) is 14.8 Å². The Bertz CT molecular complexity index is 309. The van der Waals surface area contributed by atoms with Crippen molar-refractivity contribution in [1.29, 1.82) is 0 Å². The Labute approximate surface area is 91.6 Å². The van der Waals surface area contributed by atoms with E-state index in [1.54, 1.807) is 4.31 Å². The van der Waals surface area contributed by atoms with Crippen molar-refractivity contribution in [2.75, 3.05) is 19.7 Å². The maximum absolute atomic E-state index is 12.2. The molecule has 1 saturated carbocycles. The minimum Gasteiger partial charge on any atom is -0.376 e. The number of hydrogen-bond donors (Lipinski definition) is 0. The van der Waals surface area contributed by atoms with E-state index in [1.807, 2.05) is 6.92 Å². The average molecular weight is 233 g/mol. The molecule has 2 fully saturated rings. The van der Waals surface area contributed by atoms with Crippen molar-refractivity contribution in [2.24, 2.45) is 0 Å². The third kappa shape index (κ3) is 2.34. The summed E-state index contributed by atoms with van der Waals surface area (Å²) in [5.41, 5.74) is 0. The highest BCUT2D eigenvalue weighted by Gasteiger charge is 2.35. The molecular weight excluding hydrogens is 214 g/mol. The number of nitrogens with zero attached hydrogens (tertiary/aromatic N) is 1. The van der Waals surface area contributed by atoms with Gasteiger partial charge in [-0.15, -0.1) is 0 Å². The van der Waals surface area contributed by atoms with E-state index in [0.29, 0.717) is 19.7 Å². The summed E-state index contributed by atoms with van der Waals surface area (Å²) in [5.74, 6) is 0. The van der Waals surface area contributed by atoms with Gasteiger partial charge >= 0.3 is 0 Å². The second-order valence-electron chi connectivity index (χ2n) is 4.49. The molecular formula is C10H19NO3S. The lowest BCUT2D eigenvalue weighted by molar-refractivity contribution is 0.00988. The van der Waals surface area contributed by atoms with Crippen molar-refractivity contribution in [3.8, 4) is 0 Å². The number of hydrogen-bond acceptors (Lipinski definition) is 3. The van der Waals surface area contributed by atoms with E-state index in [0.717, 1.165) is 25.7 Å². The summed E-state index contributed by atoms with van der Waals surface area (Å²) in [4.78, 5) is 0. The third-order valence-corrected chi connectivity index (χ3v) is 5.65. The molecule has 2 rings (SSSR count). The third-order valence-electron chi connectivity index (χ3n) is 3.29. The zero-order chi connectivity index (χ0) is 10.9. The fourth-order valence-electron chi connectivity index (χ4n) is 2.41. The van der Waals surface area contributed by atoms with Gasteiger partial charge in [-0.3, -0.25) is 0 Å². The Morgan fingerprint density at radius 3 is 2.53 bits per heavy atom. The predicted octanol–water partition coefficient (Wildman–Crippen LogP) is 0.979. The predicted molar refractivity (Wildman–Crippen MR) is 58.2 cm³/mol. The Kier molecular flexibility index (Phi) is 3.33. The topological polar surface area (TPSA) is 46.6 Å². The van der Waals surface area contributed by atoms with Gasteiger partial charge < -0.3 is 4.74 Å². The van der Waals surface area contributed by atoms with Crippen molar-refractivity contribution in [2.45, 2.75) is 44.0 Å². The maximum Gasteiger partial charge on any atom is 0.217 e. The Morgan fingerprint density at radius 1 is 1.27 bits per heavy atom. The first-order valence-corrected chi connectivity index (χ1v) is 7.21. The molecule has 15 heavy (non-hydrogen) atoms. The van der Waals surface area contributed by atoms with Gasteiger partial charge in [0.05, 0.1) is 18.0 Å². The van der Waals surface area contributed by atoms with Gasteiger partial charge in [0.1, 0.15) is 0 Å². The molecule has 0 radical (unpaired) electrons. The zero-order valence-electron chi connectivity index (χ0n) is 9.18. The smallest absolute Gasteiger partial charge is 0.217 e. The van der Waals surface area contributed by atoms with Crippen molar-refractivity contribution in [3.05, 3.63) is 0 Å². The van der Waals surface area contributed by atoms with E-state index in [4.69, 9.17) is 4.74 Å². The van der Waals surface area contributed by atoms with Gasteiger partial charge in [-0.05, 0) is 19.8 Å². The fourth-order valence-corrected chi connectivity index (χ4v) is 4.51. The van der Waals surface area contributed by atoms with E-state index in [1.165, 1.54) is 0 Å². The van der Waals surface area contributed by atoms with E-state index in [9.17, 15) is 8.42 Å². The largest absolute Gasteiger partial charge is 0.376 e. The lowest BCUT2D eigenvalue weighted by Crippen LogP contribution is -2.47. The summed E-state index contributed by atoms with van der Waals surface area (Å²) in [5, 5.41) is -0.122. The number of sulfonamides is 1. The number of morpholine rings is 1. The summed E-state index contributed by atoms with van der Waals surface area (Å²) in [6.07, 6.45) is 3.84. The molecule has 0 spiro atoms. The molecule has 1 aliphatic heterocycles. The van der Waals surface area contributed by atoms with Crippen LogP contribution in [0.2, 0.25) is 0 Å². The van der Waals surface area contributed by atoms with Gasteiger partial charge in [-0.1, -0.05) is 12.8 Å². The Morgan fingerprint density at radius 2 is 1.93 bits per heavy atom. The molecule has 0 aromatic rings. The molecule has 1 heterocycles. The molecule has 0 aromatic heterocycles. The molecule has 0 bridgehead atoms. The summed E-state index contributed by atoms with van der Waals surface area (Å²) >= 11 is 0. The molecule has 1 atom stereocenters. The van der Waals surface area contributed by atoms with Crippen LogP contribution in [0.15, 0.2) is 0 Å². The second-order valence-corrected chi connectivity index (χ2v) is 6.70. The van der Waals surface area contributed by atoms with Gasteiger partial charge in [0.15, 0.2) is 0 Å². The van der Waals surface area contributed by atoms with E-state index in [2.05, 4.69) is 0 Å². The van der Waals surface area contributed by atoms with Crippen LogP contribution in [0.5, 0.6) is 0 Å². The minimum atomic E-state index is -3.04. The fraction of sp³-hybridized carbons (Fsp3) is 1.00. The molecule has 1 aliphatic carbocycles. The van der Waals surface area contributed by atoms with Gasteiger partial charge in [-0.25, -0.2) is 8.42 Å². The van der Waals surface area contributed by atoms with Gasteiger partial charge in [0.25, 0.3) is 0 Å². The lowest BCUT2D eigenvalue weighted by atomic mass is 10.3. The van der Waals surface area contributed by atoms with Crippen LogP contribution >= 0.6 is 0 Å². The van der Waals surface area contributed by atoms with Crippen molar-refractivity contribution in [1.82, 2.24) is 4.31 Å². The summed E-state index contributed by atoms with van der Waals surface area (Å²) < 4.78 is 31.4. The molecule has 1 unspecified atom stereocenters. The van der Waals surface area contributed by atoms with Crippen LogP contribution in [-0.4, -0.2) is 43.8 Å². The van der Waals surface area contributed by atoms with Crippen LogP contribution in [0.3, 0.4) is 0 Å². The molecule has 5 heteroatoms. The van der Waals surface area contributed by atoms with Gasteiger partial charge in [0.2, 0.25) is 10.0 Å². The highest BCUT2D eigenvalue weighted by atomic mass is 32.2. The first kappa shape index (κ1) is 11.4. The number of ether oxygens (including phenoxy) is 1. The summed E-state index contributed by atoms with van der Waals surface area (Å²) in [7, 11) is -3.04. The van der Waals surface area contributed by atoms with Gasteiger partial charge in [-0.2, -0.15) is 4.31 Å². The van der Waals surface area contributed by atoms with E-state index >= 15 is 0 Å². The van der Waals surface area contributed by atoms with Crippen molar-refractivity contribution >= 4 is 10.0 Å². The van der Waals surface area contributed by atoms with Crippen LogP contribution < -0.4 is 0 Å². The normalized spacial score (nSPS) is 30.9. The first-order chi connectivity index (χ1) is 7.10. The standard InChI is InChI=1S/C10H19NO3S/c1-9-8-11(6-7-14-9)15(12,13)10-4-2-3-5-10/h9-10H,2-8H2,1H3. The minimum absolute atomic E-state index is 0.0370. The van der Waals surface area contributed by atoms with Crippen LogP contribution in [0.1, 0.15) is 32.6 Å². The summed E-state index contributed by atoms with van der Waals surface area (Å²) in [6, 6.07) is 0.